The Morgan fingerprint density at radius 2 is 1.80 bits per heavy atom. The summed E-state index contributed by atoms with van der Waals surface area (Å²) in [6.07, 6.45) is 2.81. The summed E-state index contributed by atoms with van der Waals surface area (Å²) in [5, 5.41) is 9.23. The van der Waals surface area contributed by atoms with Gasteiger partial charge in [0.05, 0.1) is 6.26 Å². The number of aliphatic carboxylic acids is 1. The monoisotopic (exact) mass is 304 g/mol. The summed E-state index contributed by atoms with van der Waals surface area (Å²) in [7, 11) is -3.20. The summed E-state index contributed by atoms with van der Waals surface area (Å²) in [6, 6.07) is -0.780. The predicted molar refractivity (Wildman–Crippen MR) is 71.5 cm³/mol. The minimum Gasteiger partial charge on any atom is -0.480 e. The van der Waals surface area contributed by atoms with Gasteiger partial charge in [0.25, 0.3) is 0 Å². The van der Waals surface area contributed by atoms with Gasteiger partial charge in [-0.2, -0.15) is 0 Å². The summed E-state index contributed by atoms with van der Waals surface area (Å²) in [5.41, 5.74) is -0.254. The quantitative estimate of drug-likeness (QED) is 0.758. The average Bonchev–Trinajstić information content (AvgIpc) is 2.68. The van der Waals surface area contributed by atoms with Crippen molar-refractivity contribution in [3.05, 3.63) is 0 Å². The van der Waals surface area contributed by atoms with E-state index in [4.69, 9.17) is 0 Å². The number of hydrogen-bond acceptors (Lipinski definition) is 4. The smallest absolute Gasteiger partial charge is 0.326 e. The Kier molecular flexibility index (Phi) is 3.81. The van der Waals surface area contributed by atoms with Crippen LogP contribution < -0.4 is 0 Å². The SMILES string of the molecule is CC(=O)N1CC2(CCN(S(C)(=O)=O)CC2)CC1C(=O)O. The Hall–Kier alpha value is -1.15. The number of carboxylic acid groups (broad SMARTS) is 1. The molecule has 20 heavy (non-hydrogen) atoms. The zero-order chi connectivity index (χ0) is 15.1. The second kappa shape index (κ2) is 5.00. The van der Waals surface area contributed by atoms with Crippen LogP contribution >= 0.6 is 0 Å². The lowest BCUT2D eigenvalue weighted by Gasteiger charge is -2.37. The molecule has 8 heteroatoms. The molecule has 1 amide bonds. The molecule has 1 atom stereocenters. The summed E-state index contributed by atoms with van der Waals surface area (Å²) >= 11 is 0. The van der Waals surface area contributed by atoms with Crippen LogP contribution in [0.5, 0.6) is 0 Å². The number of nitrogens with zero attached hydrogens (tertiary/aromatic N) is 2. The van der Waals surface area contributed by atoms with Crippen molar-refractivity contribution in [1.82, 2.24) is 9.21 Å². The van der Waals surface area contributed by atoms with Crippen LogP contribution in [0.3, 0.4) is 0 Å². The average molecular weight is 304 g/mol. The number of likely N-dealkylation sites (tertiary alicyclic amines) is 1. The molecular weight excluding hydrogens is 284 g/mol. The summed E-state index contributed by atoms with van der Waals surface area (Å²) in [4.78, 5) is 24.2. The number of carbonyl (C=O) groups is 2. The number of amides is 1. The van der Waals surface area contributed by atoms with E-state index >= 15 is 0 Å². The minimum absolute atomic E-state index is 0.236. The zero-order valence-corrected chi connectivity index (χ0v) is 12.5. The number of rotatable bonds is 2. The van der Waals surface area contributed by atoms with E-state index in [9.17, 15) is 23.1 Å². The van der Waals surface area contributed by atoms with Gasteiger partial charge in [0, 0.05) is 26.6 Å². The van der Waals surface area contributed by atoms with Gasteiger partial charge in [-0.25, -0.2) is 17.5 Å². The molecule has 0 saturated carbocycles. The van der Waals surface area contributed by atoms with Crippen molar-refractivity contribution in [2.24, 2.45) is 5.41 Å². The molecule has 1 unspecified atom stereocenters. The Bertz CT molecular complexity index is 498. The molecule has 2 saturated heterocycles. The molecule has 0 aliphatic carbocycles. The largest absolute Gasteiger partial charge is 0.480 e. The van der Waals surface area contributed by atoms with Gasteiger partial charge >= 0.3 is 5.97 Å². The van der Waals surface area contributed by atoms with E-state index in [1.807, 2.05) is 0 Å². The number of carbonyl (C=O) groups excluding carboxylic acids is 1. The maximum Gasteiger partial charge on any atom is 0.326 e. The highest BCUT2D eigenvalue weighted by molar-refractivity contribution is 7.88. The van der Waals surface area contributed by atoms with Crippen LogP contribution in [0.15, 0.2) is 0 Å². The van der Waals surface area contributed by atoms with Crippen molar-refractivity contribution in [2.75, 3.05) is 25.9 Å². The fourth-order valence-corrected chi connectivity index (χ4v) is 4.11. The zero-order valence-electron chi connectivity index (χ0n) is 11.7. The van der Waals surface area contributed by atoms with Crippen LogP contribution in [0, 0.1) is 5.41 Å². The van der Waals surface area contributed by atoms with Crippen molar-refractivity contribution in [3.63, 3.8) is 0 Å². The van der Waals surface area contributed by atoms with E-state index in [2.05, 4.69) is 0 Å². The van der Waals surface area contributed by atoms with Crippen LogP contribution in [0.25, 0.3) is 0 Å². The first-order valence-corrected chi connectivity index (χ1v) is 8.45. The Morgan fingerprint density at radius 3 is 2.15 bits per heavy atom. The molecule has 2 heterocycles. The molecule has 2 rings (SSSR count). The molecule has 0 bridgehead atoms. The second-order valence-electron chi connectivity index (χ2n) is 5.87. The Morgan fingerprint density at radius 1 is 1.25 bits per heavy atom. The molecule has 0 aromatic carbocycles. The molecule has 0 aromatic rings. The fourth-order valence-electron chi connectivity index (χ4n) is 3.26. The third-order valence-corrected chi connectivity index (χ3v) is 5.75. The molecule has 2 aliphatic rings. The maximum atomic E-state index is 11.6. The molecule has 7 nitrogen and oxygen atoms in total. The maximum absolute atomic E-state index is 11.6. The third kappa shape index (κ3) is 2.80. The third-order valence-electron chi connectivity index (χ3n) is 4.45. The van der Waals surface area contributed by atoms with Gasteiger partial charge in [-0.05, 0) is 24.7 Å². The lowest BCUT2D eigenvalue weighted by Crippen LogP contribution is -2.44. The van der Waals surface area contributed by atoms with E-state index in [-0.39, 0.29) is 11.3 Å². The number of sulfonamides is 1. The molecule has 0 radical (unpaired) electrons. The highest BCUT2D eigenvalue weighted by atomic mass is 32.2. The second-order valence-corrected chi connectivity index (χ2v) is 7.85. The van der Waals surface area contributed by atoms with Crippen molar-refractivity contribution in [3.8, 4) is 0 Å². The number of carboxylic acids is 1. The highest BCUT2D eigenvalue weighted by Crippen LogP contribution is 2.43. The van der Waals surface area contributed by atoms with E-state index in [1.165, 1.54) is 22.4 Å². The lowest BCUT2D eigenvalue weighted by molar-refractivity contribution is -0.147. The molecular formula is C12H20N2O5S. The van der Waals surface area contributed by atoms with Crippen LogP contribution in [0.2, 0.25) is 0 Å². The van der Waals surface area contributed by atoms with Gasteiger partial charge < -0.3 is 10.0 Å². The Labute approximate surface area is 118 Å². The first-order valence-electron chi connectivity index (χ1n) is 6.60. The van der Waals surface area contributed by atoms with Gasteiger partial charge in [0.2, 0.25) is 15.9 Å². The molecule has 2 fully saturated rings. The van der Waals surface area contributed by atoms with Gasteiger partial charge in [-0.3, -0.25) is 4.79 Å². The highest BCUT2D eigenvalue weighted by Gasteiger charge is 2.49. The first-order chi connectivity index (χ1) is 9.15. The van der Waals surface area contributed by atoms with Crippen molar-refractivity contribution >= 4 is 21.9 Å². The Balaban J connectivity index is 2.12. The normalized spacial score (nSPS) is 26.9. The first kappa shape index (κ1) is 15.2. The summed E-state index contributed by atoms with van der Waals surface area (Å²) in [5.74, 6) is -1.22. The van der Waals surface area contributed by atoms with E-state index in [1.54, 1.807) is 0 Å². The minimum atomic E-state index is -3.20. The van der Waals surface area contributed by atoms with E-state index in [0.717, 1.165) is 0 Å². The molecule has 114 valence electrons. The lowest BCUT2D eigenvalue weighted by atomic mass is 9.77. The van der Waals surface area contributed by atoms with E-state index in [0.29, 0.717) is 38.9 Å². The summed E-state index contributed by atoms with van der Waals surface area (Å²) < 4.78 is 24.4. The van der Waals surface area contributed by atoms with Gasteiger partial charge in [0.1, 0.15) is 6.04 Å². The summed E-state index contributed by atoms with van der Waals surface area (Å²) in [6.45, 7) is 2.59. The van der Waals surface area contributed by atoms with Crippen LogP contribution in [0.1, 0.15) is 26.2 Å². The molecule has 1 N–H and O–H groups in total. The molecule has 0 aromatic heterocycles. The molecule has 2 aliphatic heterocycles. The van der Waals surface area contributed by atoms with Crippen LogP contribution in [0.4, 0.5) is 0 Å². The fraction of sp³-hybridized carbons (Fsp3) is 0.833. The van der Waals surface area contributed by atoms with Gasteiger partial charge in [-0.1, -0.05) is 0 Å². The van der Waals surface area contributed by atoms with E-state index < -0.39 is 22.0 Å². The number of piperidine rings is 1. The number of hydrogen-bond donors (Lipinski definition) is 1. The van der Waals surface area contributed by atoms with Gasteiger partial charge in [0.15, 0.2) is 0 Å². The van der Waals surface area contributed by atoms with Crippen molar-refractivity contribution in [2.45, 2.75) is 32.2 Å². The standard InChI is InChI=1S/C12H20N2O5S/c1-9(15)14-8-12(7-10(14)11(16)17)3-5-13(6-4-12)20(2,18)19/h10H,3-8H2,1-2H3,(H,16,17). The predicted octanol–water partition coefficient (Wildman–Crippen LogP) is -0.266. The van der Waals surface area contributed by atoms with Crippen LogP contribution in [-0.2, 0) is 19.6 Å². The molecule has 1 spiro atoms. The van der Waals surface area contributed by atoms with Gasteiger partial charge in [-0.15, -0.1) is 0 Å². The van der Waals surface area contributed by atoms with Crippen molar-refractivity contribution in [1.29, 1.82) is 0 Å². The topological polar surface area (TPSA) is 95.0 Å². The van der Waals surface area contributed by atoms with Crippen LogP contribution in [-0.4, -0.2) is 66.5 Å². The van der Waals surface area contributed by atoms with Crippen molar-refractivity contribution < 1.29 is 23.1 Å².